The topological polar surface area (TPSA) is 61.0 Å². The molecule has 0 bridgehead atoms. The molecule has 0 atom stereocenters. The lowest BCUT2D eigenvalue weighted by Gasteiger charge is -1.99. The van der Waals surface area contributed by atoms with Crippen LogP contribution in [0.5, 0.6) is 5.88 Å². The molecule has 0 aromatic carbocycles. The first-order valence-corrected chi connectivity index (χ1v) is 3.02. The van der Waals surface area contributed by atoms with E-state index in [1.54, 1.807) is 18.6 Å². The number of nitrogens with zero attached hydrogens (tertiary/aromatic N) is 2. The van der Waals surface area contributed by atoms with E-state index in [1.807, 2.05) is 0 Å². The fourth-order valence-corrected chi connectivity index (χ4v) is 0.523. The van der Waals surface area contributed by atoms with Crippen LogP contribution in [-0.2, 0) is 0 Å². The summed E-state index contributed by atoms with van der Waals surface area (Å²) < 4.78 is 5.06. The van der Waals surface area contributed by atoms with Gasteiger partial charge in [-0.1, -0.05) is 0 Å². The summed E-state index contributed by atoms with van der Waals surface area (Å²) in [4.78, 5) is 7.69. The lowest BCUT2D eigenvalue weighted by molar-refractivity contribution is 0.314. The van der Waals surface area contributed by atoms with E-state index >= 15 is 0 Å². The molecule has 0 aliphatic rings. The zero-order chi connectivity index (χ0) is 7.23. The molecule has 0 fully saturated rings. The Balaban J connectivity index is 0.000001000. The molecule has 1 aromatic heterocycles. The van der Waals surface area contributed by atoms with Gasteiger partial charge in [-0.15, -0.1) is 12.4 Å². The Morgan fingerprint density at radius 3 is 2.82 bits per heavy atom. The van der Waals surface area contributed by atoms with Crippen LogP contribution in [0, 0.1) is 0 Å². The van der Waals surface area contributed by atoms with E-state index in [1.165, 1.54) is 0 Å². The highest BCUT2D eigenvalue weighted by Crippen LogP contribution is 1.98. The van der Waals surface area contributed by atoms with Gasteiger partial charge < -0.3 is 10.5 Å². The average molecular weight is 176 g/mol. The van der Waals surface area contributed by atoms with E-state index in [4.69, 9.17) is 10.5 Å². The Morgan fingerprint density at radius 1 is 1.45 bits per heavy atom. The highest BCUT2D eigenvalue weighted by Gasteiger charge is 1.89. The van der Waals surface area contributed by atoms with E-state index in [-0.39, 0.29) is 12.4 Å². The van der Waals surface area contributed by atoms with Crippen LogP contribution >= 0.6 is 12.4 Å². The van der Waals surface area contributed by atoms with Gasteiger partial charge in [0.25, 0.3) is 0 Å². The van der Waals surface area contributed by atoms with Crippen molar-refractivity contribution in [2.24, 2.45) is 5.73 Å². The third-order valence-corrected chi connectivity index (χ3v) is 0.907. The average Bonchev–Trinajstić information content (AvgIpc) is 2.03. The molecule has 0 saturated heterocycles. The molecule has 4 nitrogen and oxygen atoms in total. The van der Waals surface area contributed by atoms with Crippen LogP contribution in [-0.4, -0.2) is 23.1 Å². The molecule has 0 spiro atoms. The quantitative estimate of drug-likeness (QED) is 0.715. The van der Waals surface area contributed by atoms with Gasteiger partial charge in [-0.25, -0.2) is 4.98 Å². The maximum absolute atomic E-state index is 5.20. The van der Waals surface area contributed by atoms with E-state index in [0.717, 1.165) is 0 Å². The summed E-state index contributed by atoms with van der Waals surface area (Å²) in [6.45, 7) is 0.981. The minimum atomic E-state index is 0. The summed E-state index contributed by atoms with van der Waals surface area (Å²) in [6, 6.07) is 0. The van der Waals surface area contributed by atoms with Gasteiger partial charge in [0, 0.05) is 18.9 Å². The van der Waals surface area contributed by atoms with E-state index < -0.39 is 0 Å². The van der Waals surface area contributed by atoms with Crippen LogP contribution in [0.1, 0.15) is 0 Å². The van der Waals surface area contributed by atoms with E-state index in [9.17, 15) is 0 Å². The largest absolute Gasteiger partial charge is 0.475 e. The van der Waals surface area contributed by atoms with Crippen LogP contribution in [0.25, 0.3) is 0 Å². The molecular formula is C6H10ClN3O. The van der Waals surface area contributed by atoms with Gasteiger partial charge in [0.05, 0.1) is 6.20 Å². The Labute approximate surface area is 71.2 Å². The number of halogens is 1. The highest BCUT2D eigenvalue weighted by atomic mass is 35.5. The number of ether oxygens (including phenoxy) is 1. The van der Waals surface area contributed by atoms with Crippen molar-refractivity contribution in [3.8, 4) is 5.88 Å². The smallest absolute Gasteiger partial charge is 0.232 e. The molecule has 2 N–H and O–H groups in total. The molecule has 0 radical (unpaired) electrons. The van der Waals surface area contributed by atoms with Gasteiger partial charge in [0.2, 0.25) is 5.88 Å². The third kappa shape index (κ3) is 3.75. The van der Waals surface area contributed by atoms with Crippen LogP contribution in [0.3, 0.4) is 0 Å². The highest BCUT2D eigenvalue weighted by molar-refractivity contribution is 5.85. The second-order valence-corrected chi connectivity index (χ2v) is 1.68. The SMILES string of the molecule is Cl.NCCOc1cnccn1. The molecule has 0 aliphatic carbocycles. The Bertz CT molecular complexity index is 182. The van der Waals surface area contributed by atoms with Crippen molar-refractivity contribution in [3.63, 3.8) is 0 Å². The second kappa shape index (κ2) is 5.88. The van der Waals surface area contributed by atoms with Gasteiger partial charge in [-0.3, -0.25) is 4.98 Å². The van der Waals surface area contributed by atoms with Crippen molar-refractivity contribution in [2.45, 2.75) is 0 Å². The summed E-state index contributed by atoms with van der Waals surface area (Å²) in [5.41, 5.74) is 5.20. The first-order chi connectivity index (χ1) is 4.93. The van der Waals surface area contributed by atoms with Gasteiger partial charge in [-0.2, -0.15) is 0 Å². The molecule has 1 rings (SSSR count). The van der Waals surface area contributed by atoms with Crippen LogP contribution in [0.2, 0.25) is 0 Å². The summed E-state index contributed by atoms with van der Waals surface area (Å²) in [5, 5.41) is 0. The lowest BCUT2D eigenvalue weighted by atomic mass is 10.7. The number of rotatable bonds is 3. The van der Waals surface area contributed by atoms with Crippen molar-refractivity contribution in [1.82, 2.24) is 9.97 Å². The number of hydrogen-bond acceptors (Lipinski definition) is 4. The Morgan fingerprint density at radius 2 is 2.27 bits per heavy atom. The molecule has 5 heteroatoms. The standard InChI is InChI=1S/C6H9N3O.ClH/c7-1-4-10-6-5-8-2-3-9-6;/h2-3,5H,1,4,7H2;1H. The molecule has 0 amide bonds. The minimum absolute atomic E-state index is 0. The summed E-state index contributed by atoms with van der Waals surface area (Å²) in [5.74, 6) is 0.521. The zero-order valence-electron chi connectivity index (χ0n) is 5.93. The van der Waals surface area contributed by atoms with Gasteiger partial charge in [0.1, 0.15) is 6.61 Å². The first kappa shape index (κ1) is 10.1. The predicted octanol–water partition coefficient (Wildman–Crippen LogP) is 0.236. The van der Waals surface area contributed by atoms with Crippen molar-refractivity contribution >= 4 is 12.4 Å². The molecule has 1 aromatic rings. The molecule has 0 saturated carbocycles. The monoisotopic (exact) mass is 175 g/mol. The normalized spacial score (nSPS) is 8.45. The summed E-state index contributed by atoms with van der Waals surface area (Å²) >= 11 is 0. The first-order valence-electron chi connectivity index (χ1n) is 3.02. The Hall–Kier alpha value is -0.870. The number of aromatic nitrogens is 2. The van der Waals surface area contributed by atoms with Crippen molar-refractivity contribution in [3.05, 3.63) is 18.6 Å². The van der Waals surface area contributed by atoms with Crippen molar-refractivity contribution in [2.75, 3.05) is 13.2 Å². The molecule has 11 heavy (non-hydrogen) atoms. The molecule has 62 valence electrons. The maximum atomic E-state index is 5.20. The fraction of sp³-hybridized carbons (Fsp3) is 0.333. The molecule has 1 heterocycles. The predicted molar refractivity (Wildman–Crippen MR) is 43.8 cm³/mol. The number of hydrogen-bond donors (Lipinski definition) is 1. The van der Waals surface area contributed by atoms with Gasteiger partial charge in [-0.05, 0) is 0 Å². The van der Waals surface area contributed by atoms with E-state index in [2.05, 4.69) is 9.97 Å². The molecule has 0 aliphatic heterocycles. The molecular weight excluding hydrogens is 166 g/mol. The molecule has 0 unspecified atom stereocenters. The minimum Gasteiger partial charge on any atom is -0.475 e. The van der Waals surface area contributed by atoms with Gasteiger partial charge >= 0.3 is 0 Å². The Kier molecular flexibility index (Phi) is 5.42. The van der Waals surface area contributed by atoms with Crippen molar-refractivity contribution in [1.29, 1.82) is 0 Å². The van der Waals surface area contributed by atoms with E-state index in [0.29, 0.717) is 19.0 Å². The van der Waals surface area contributed by atoms with Gasteiger partial charge in [0.15, 0.2) is 0 Å². The lowest BCUT2D eigenvalue weighted by Crippen LogP contribution is -2.11. The zero-order valence-corrected chi connectivity index (χ0v) is 6.75. The summed E-state index contributed by atoms with van der Waals surface area (Å²) in [7, 11) is 0. The second-order valence-electron chi connectivity index (χ2n) is 1.68. The fourth-order valence-electron chi connectivity index (χ4n) is 0.523. The van der Waals surface area contributed by atoms with Crippen molar-refractivity contribution < 1.29 is 4.74 Å². The third-order valence-electron chi connectivity index (χ3n) is 0.907. The van der Waals surface area contributed by atoms with Crippen LogP contribution < -0.4 is 10.5 Å². The number of nitrogens with two attached hydrogens (primary N) is 1. The van der Waals surface area contributed by atoms with Crippen LogP contribution in [0.15, 0.2) is 18.6 Å². The van der Waals surface area contributed by atoms with Crippen LogP contribution in [0.4, 0.5) is 0 Å². The summed E-state index contributed by atoms with van der Waals surface area (Å²) in [6.07, 6.45) is 4.72. The maximum Gasteiger partial charge on any atom is 0.232 e.